The van der Waals surface area contributed by atoms with Gasteiger partial charge in [0.1, 0.15) is 0 Å². The van der Waals surface area contributed by atoms with Crippen LogP contribution in [0.15, 0.2) is 54.8 Å². The molecular weight excluding hydrogens is 202 g/mol. The summed E-state index contributed by atoms with van der Waals surface area (Å²) in [5.74, 6) is -0.0862. The van der Waals surface area contributed by atoms with Crippen molar-refractivity contribution < 1.29 is 4.74 Å². The molecular formula is C12H13N3O. The largest absolute Gasteiger partial charge is 0.465 e. The zero-order valence-corrected chi connectivity index (χ0v) is 8.68. The van der Waals surface area contributed by atoms with E-state index in [1.807, 2.05) is 30.3 Å². The van der Waals surface area contributed by atoms with E-state index in [2.05, 4.69) is 5.32 Å². The van der Waals surface area contributed by atoms with Gasteiger partial charge < -0.3 is 15.8 Å². The average Bonchev–Trinajstić information content (AvgIpc) is 2.31. The van der Waals surface area contributed by atoms with E-state index in [1.54, 1.807) is 18.2 Å². The summed E-state index contributed by atoms with van der Waals surface area (Å²) in [6.07, 6.45) is 6.76. The van der Waals surface area contributed by atoms with Crippen LogP contribution in [0.4, 0.5) is 5.69 Å². The molecule has 1 aliphatic heterocycles. The van der Waals surface area contributed by atoms with Crippen LogP contribution in [0.2, 0.25) is 0 Å². The Morgan fingerprint density at radius 2 is 2.00 bits per heavy atom. The van der Waals surface area contributed by atoms with Crippen molar-refractivity contribution in [2.24, 2.45) is 5.73 Å². The van der Waals surface area contributed by atoms with Gasteiger partial charge in [-0.1, -0.05) is 24.3 Å². The molecule has 16 heavy (non-hydrogen) atoms. The second kappa shape index (κ2) is 4.10. The molecule has 0 radical (unpaired) electrons. The number of nitrogens with two attached hydrogens (primary N) is 1. The van der Waals surface area contributed by atoms with E-state index in [0.29, 0.717) is 0 Å². The first kappa shape index (κ1) is 10.3. The molecule has 82 valence electrons. The Hall–Kier alpha value is -2.23. The number of allylic oxidation sites excluding steroid dienone is 2. The fraction of sp³-hybridized carbons (Fsp3) is 0.0833. The number of ether oxygens (including phenoxy) is 1. The van der Waals surface area contributed by atoms with Gasteiger partial charge in [-0.2, -0.15) is 0 Å². The zero-order valence-electron chi connectivity index (χ0n) is 8.68. The second-order valence-electron chi connectivity index (χ2n) is 3.45. The highest BCUT2D eigenvalue weighted by Gasteiger charge is 2.33. The van der Waals surface area contributed by atoms with Crippen LogP contribution < -0.4 is 11.1 Å². The predicted molar refractivity (Wildman–Crippen MR) is 64.1 cm³/mol. The zero-order chi connectivity index (χ0) is 11.4. The first-order chi connectivity index (χ1) is 7.73. The molecule has 0 spiro atoms. The summed E-state index contributed by atoms with van der Waals surface area (Å²) in [5, 5.41) is 10.7. The summed E-state index contributed by atoms with van der Waals surface area (Å²) >= 11 is 0. The maximum atomic E-state index is 7.59. The lowest BCUT2D eigenvalue weighted by molar-refractivity contribution is 0.153. The summed E-state index contributed by atoms with van der Waals surface area (Å²) in [4.78, 5) is 0. The van der Waals surface area contributed by atoms with E-state index in [0.717, 1.165) is 5.69 Å². The van der Waals surface area contributed by atoms with Crippen LogP contribution in [0.25, 0.3) is 0 Å². The van der Waals surface area contributed by atoms with Crippen molar-refractivity contribution in [3.63, 3.8) is 0 Å². The third-order valence-corrected chi connectivity index (χ3v) is 2.28. The van der Waals surface area contributed by atoms with E-state index in [4.69, 9.17) is 15.9 Å². The van der Waals surface area contributed by atoms with E-state index < -0.39 is 5.72 Å². The highest BCUT2D eigenvalue weighted by atomic mass is 16.5. The molecule has 1 aliphatic rings. The maximum Gasteiger partial charge on any atom is 0.257 e. The lowest BCUT2D eigenvalue weighted by atomic mass is 10.1. The number of hydrogen-bond donors (Lipinski definition) is 3. The number of amidine groups is 1. The smallest absolute Gasteiger partial charge is 0.257 e. The highest BCUT2D eigenvalue weighted by Crippen LogP contribution is 2.21. The van der Waals surface area contributed by atoms with Gasteiger partial charge in [0.25, 0.3) is 5.72 Å². The number of anilines is 1. The quantitative estimate of drug-likeness (QED) is 0.532. The molecule has 0 saturated heterocycles. The van der Waals surface area contributed by atoms with Gasteiger partial charge in [0, 0.05) is 5.69 Å². The predicted octanol–water partition coefficient (Wildman–Crippen LogP) is 1.83. The van der Waals surface area contributed by atoms with Crippen molar-refractivity contribution in [2.45, 2.75) is 5.72 Å². The molecule has 4 nitrogen and oxygen atoms in total. The number of benzene rings is 1. The topological polar surface area (TPSA) is 71.1 Å². The van der Waals surface area contributed by atoms with Gasteiger partial charge in [0.15, 0.2) is 5.84 Å². The van der Waals surface area contributed by atoms with Crippen molar-refractivity contribution in [1.29, 1.82) is 5.41 Å². The Labute approximate surface area is 93.9 Å². The molecule has 1 atom stereocenters. The summed E-state index contributed by atoms with van der Waals surface area (Å²) in [5.41, 5.74) is 5.33. The van der Waals surface area contributed by atoms with E-state index in [9.17, 15) is 0 Å². The number of para-hydroxylation sites is 1. The average molecular weight is 215 g/mol. The van der Waals surface area contributed by atoms with Crippen LogP contribution in [0.3, 0.4) is 0 Å². The molecule has 1 aromatic rings. The number of nitrogens with one attached hydrogen (secondary N) is 2. The molecule has 2 rings (SSSR count). The Morgan fingerprint density at radius 1 is 1.25 bits per heavy atom. The monoisotopic (exact) mass is 215 g/mol. The first-order valence-corrected chi connectivity index (χ1v) is 4.93. The molecule has 0 aliphatic carbocycles. The lowest BCUT2D eigenvalue weighted by Crippen LogP contribution is -2.50. The van der Waals surface area contributed by atoms with E-state index in [1.165, 1.54) is 6.26 Å². The van der Waals surface area contributed by atoms with Crippen molar-refractivity contribution in [3.05, 3.63) is 54.8 Å². The maximum absolute atomic E-state index is 7.59. The summed E-state index contributed by atoms with van der Waals surface area (Å²) in [6, 6.07) is 9.50. The van der Waals surface area contributed by atoms with Crippen LogP contribution >= 0.6 is 0 Å². The molecule has 0 fully saturated rings. The van der Waals surface area contributed by atoms with Crippen LogP contribution in [-0.2, 0) is 4.74 Å². The minimum atomic E-state index is -1.07. The summed E-state index contributed by atoms with van der Waals surface area (Å²) < 4.78 is 5.40. The summed E-state index contributed by atoms with van der Waals surface area (Å²) in [7, 11) is 0. The van der Waals surface area contributed by atoms with E-state index >= 15 is 0 Å². The molecule has 0 aromatic heterocycles. The minimum absolute atomic E-state index is 0.0862. The molecule has 0 amide bonds. The fourth-order valence-corrected chi connectivity index (χ4v) is 1.45. The molecule has 4 N–H and O–H groups in total. The molecule has 0 bridgehead atoms. The summed E-state index contributed by atoms with van der Waals surface area (Å²) in [6.45, 7) is 0. The van der Waals surface area contributed by atoms with Crippen molar-refractivity contribution in [1.82, 2.24) is 0 Å². The fourth-order valence-electron chi connectivity index (χ4n) is 1.45. The minimum Gasteiger partial charge on any atom is -0.465 e. The SMILES string of the molecule is N=C(N)C1(Nc2ccccc2)C=CC=CO1. The lowest BCUT2D eigenvalue weighted by Gasteiger charge is -2.31. The molecule has 1 aromatic carbocycles. The Kier molecular flexibility index (Phi) is 2.64. The third kappa shape index (κ3) is 1.91. The highest BCUT2D eigenvalue weighted by molar-refractivity contribution is 5.91. The van der Waals surface area contributed by atoms with Gasteiger partial charge in [-0.05, 0) is 24.3 Å². The normalized spacial score (nSPS) is 22.5. The van der Waals surface area contributed by atoms with E-state index in [-0.39, 0.29) is 5.84 Å². The molecule has 1 unspecified atom stereocenters. The van der Waals surface area contributed by atoms with Crippen molar-refractivity contribution in [3.8, 4) is 0 Å². The molecule has 1 heterocycles. The Bertz CT molecular complexity index is 439. The standard InChI is InChI=1S/C12H13N3O/c13-11(14)12(8-4-5-9-16-12)15-10-6-2-1-3-7-10/h1-9,15H,(H3,13,14). The van der Waals surface area contributed by atoms with Gasteiger partial charge in [0.05, 0.1) is 6.26 Å². The molecule has 0 saturated carbocycles. The van der Waals surface area contributed by atoms with Crippen molar-refractivity contribution in [2.75, 3.05) is 5.32 Å². The second-order valence-corrected chi connectivity index (χ2v) is 3.45. The van der Waals surface area contributed by atoms with Gasteiger partial charge in [0.2, 0.25) is 0 Å². The van der Waals surface area contributed by atoms with Gasteiger partial charge >= 0.3 is 0 Å². The number of rotatable bonds is 3. The van der Waals surface area contributed by atoms with Crippen molar-refractivity contribution >= 4 is 11.5 Å². The van der Waals surface area contributed by atoms with Gasteiger partial charge in [-0.3, -0.25) is 5.41 Å². The number of hydrogen-bond acceptors (Lipinski definition) is 3. The molecule has 4 heteroatoms. The van der Waals surface area contributed by atoms with Gasteiger partial charge in [-0.25, -0.2) is 0 Å². The van der Waals surface area contributed by atoms with Crippen LogP contribution in [0.1, 0.15) is 0 Å². The third-order valence-electron chi connectivity index (χ3n) is 2.28. The Balaban J connectivity index is 2.25. The van der Waals surface area contributed by atoms with Crippen LogP contribution in [-0.4, -0.2) is 11.6 Å². The first-order valence-electron chi connectivity index (χ1n) is 4.93. The van der Waals surface area contributed by atoms with Crippen LogP contribution in [0, 0.1) is 5.41 Å². The van der Waals surface area contributed by atoms with Crippen LogP contribution in [0.5, 0.6) is 0 Å². The van der Waals surface area contributed by atoms with Gasteiger partial charge in [-0.15, -0.1) is 0 Å². The Morgan fingerprint density at radius 3 is 2.56 bits per heavy atom.